The molecule has 0 aromatic heterocycles. The SMILES string of the molecule is CCN(C(=O)C1CC1c1ccccc1)c1ccccc1N. The van der Waals surface area contributed by atoms with Gasteiger partial charge in [-0.05, 0) is 37.0 Å². The maximum absolute atomic E-state index is 12.7. The van der Waals surface area contributed by atoms with Crippen molar-refractivity contribution in [1.82, 2.24) is 0 Å². The van der Waals surface area contributed by atoms with Crippen molar-refractivity contribution < 1.29 is 4.79 Å². The fraction of sp³-hybridized carbons (Fsp3) is 0.278. The number of carbonyl (C=O) groups excluding carboxylic acids is 1. The Kier molecular flexibility index (Phi) is 3.65. The Balaban J connectivity index is 1.78. The number of nitrogen functional groups attached to an aromatic ring is 1. The van der Waals surface area contributed by atoms with Crippen LogP contribution in [0.15, 0.2) is 54.6 Å². The molecule has 2 atom stereocenters. The molecule has 21 heavy (non-hydrogen) atoms. The summed E-state index contributed by atoms with van der Waals surface area (Å²) >= 11 is 0. The van der Waals surface area contributed by atoms with Crippen molar-refractivity contribution in [1.29, 1.82) is 0 Å². The zero-order valence-electron chi connectivity index (χ0n) is 12.2. The van der Waals surface area contributed by atoms with Gasteiger partial charge in [0.05, 0.1) is 11.4 Å². The lowest BCUT2D eigenvalue weighted by Gasteiger charge is -2.22. The van der Waals surface area contributed by atoms with Gasteiger partial charge in [0.1, 0.15) is 0 Å². The topological polar surface area (TPSA) is 46.3 Å². The van der Waals surface area contributed by atoms with Crippen LogP contribution in [0.4, 0.5) is 11.4 Å². The van der Waals surface area contributed by atoms with Crippen molar-refractivity contribution >= 4 is 17.3 Å². The highest BCUT2D eigenvalue weighted by atomic mass is 16.2. The third kappa shape index (κ3) is 2.64. The van der Waals surface area contributed by atoms with E-state index in [1.165, 1.54) is 5.56 Å². The van der Waals surface area contributed by atoms with E-state index < -0.39 is 0 Å². The normalized spacial score (nSPS) is 20.0. The number of hydrogen-bond donors (Lipinski definition) is 1. The van der Waals surface area contributed by atoms with E-state index in [9.17, 15) is 4.79 Å². The van der Waals surface area contributed by atoms with Gasteiger partial charge in [-0.3, -0.25) is 4.79 Å². The Morgan fingerprint density at radius 3 is 2.48 bits per heavy atom. The van der Waals surface area contributed by atoms with Crippen LogP contribution in [0.1, 0.15) is 24.8 Å². The van der Waals surface area contributed by atoms with E-state index in [1.54, 1.807) is 0 Å². The van der Waals surface area contributed by atoms with Crippen molar-refractivity contribution in [2.75, 3.05) is 17.2 Å². The number of nitrogens with zero attached hydrogens (tertiary/aromatic N) is 1. The number of carbonyl (C=O) groups is 1. The maximum atomic E-state index is 12.7. The molecule has 2 aromatic carbocycles. The van der Waals surface area contributed by atoms with E-state index in [4.69, 9.17) is 5.73 Å². The molecule has 0 bridgehead atoms. The van der Waals surface area contributed by atoms with E-state index in [0.717, 1.165) is 12.1 Å². The Labute approximate surface area is 125 Å². The molecule has 1 fully saturated rings. The van der Waals surface area contributed by atoms with Crippen LogP contribution in [-0.2, 0) is 4.79 Å². The van der Waals surface area contributed by atoms with E-state index in [-0.39, 0.29) is 11.8 Å². The number of nitrogens with two attached hydrogens (primary N) is 1. The molecule has 0 saturated heterocycles. The van der Waals surface area contributed by atoms with E-state index in [2.05, 4.69) is 12.1 Å². The monoisotopic (exact) mass is 280 g/mol. The van der Waals surface area contributed by atoms with Gasteiger partial charge in [0.2, 0.25) is 5.91 Å². The molecule has 1 amide bonds. The Morgan fingerprint density at radius 2 is 1.81 bits per heavy atom. The first-order valence-corrected chi connectivity index (χ1v) is 7.43. The quantitative estimate of drug-likeness (QED) is 0.872. The van der Waals surface area contributed by atoms with Crippen molar-refractivity contribution in [2.45, 2.75) is 19.3 Å². The second kappa shape index (κ2) is 5.60. The summed E-state index contributed by atoms with van der Waals surface area (Å²) < 4.78 is 0. The molecule has 0 heterocycles. The average Bonchev–Trinajstić information content (AvgIpc) is 3.31. The lowest BCUT2D eigenvalue weighted by atomic mass is 10.1. The molecule has 0 radical (unpaired) electrons. The molecule has 1 saturated carbocycles. The number of para-hydroxylation sites is 2. The molecular formula is C18H20N2O. The number of anilines is 2. The highest BCUT2D eigenvalue weighted by Crippen LogP contribution is 2.49. The van der Waals surface area contributed by atoms with E-state index in [0.29, 0.717) is 18.2 Å². The van der Waals surface area contributed by atoms with Crippen molar-refractivity contribution in [3.8, 4) is 0 Å². The number of hydrogen-bond acceptors (Lipinski definition) is 2. The van der Waals surface area contributed by atoms with Crippen molar-refractivity contribution in [3.05, 3.63) is 60.2 Å². The minimum Gasteiger partial charge on any atom is -0.397 e. The summed E-state index contributed by atoms with van der Waals surface area (Å²) in [5.74, 6) is 0.633. The first-order chi connectivity index (χ1) is 10.2. The standard InChI is InChI=1S/C18H20N2O/c1-2-20(17-11-7-6-10-16(17)19)18(21)15-12-14(15)13-8-4-3-5-9-13/h3-11,14-15H,2,12,19H2,1H3. The summed E-state index contributed by atoms with van der Waals surface area (Å²) in [7, 11) is 0. The van der Waals surface area contributed by atoms with E-state index >= 15 is 0 Å². The molecule has 3 heteroatoms. The third-order valence-electron chi connectivity index (χ3n) is 4.15. The predicted molar refractivity (Wildman–Crippen MR) is 86.2 cm³/mol. The largest absolute Gasteiger partial charge is 0.397 e. The van der Waals surface area contributed by atoms with Crippen LogP contribution < -0.4 is 10.6 Å². The van der Waals surface area contributed by atoms with Crippen LogP contribution in [0.3, 0.4) is 0 Å². The molecule has 2 unspecified atom stereocenters. The Morgan fingerprint density at radius 1 is 1.14 bits per heavy atom. The van der Waals surface area contributed by atoms with Crippen molar-refractivity contribution in [3.63, 3.8) is 0 Å². The summed E-state index contributed by atoms with van der Waals surface area (Å²) in [6.07, 6.45) is 0.937. The smallest absolute Gasteiger partial charge is 0.230 e. The molecule has 0 aliphatic heterocycles. The molecule has 3 rings (SSSR count). The minimum absolute atomic E-state index is 0.0898. The Hall–Kier alpha value is -2.29. The van der Waals surface area contributed by atoms with E-state index in [1.807, 2.05) is 54.3 Å². The summed E-state index contributed by atoms with van der Waals surface area (Å²) in [5, 5.41) is 0. The second-order valence-corrected chi connectivity index (χ2v) is 5.50. The maximum Gasteiger partial charge on any atom is 0.230 e. The average molecular weight is 280 g/mol. The molecule has 2 N–H and O–H groups in total. The summed E-state index contributed by atoms with van der Waals surface area (Å²) in [5.41, 5.74) is 8.74. The molecule has 2 aromatic rings. The van der Waals surface area contributed by atoms with Gasteiger partial charge < -0.3 is 10.6 Å². The lowest BCUT2D eigenvalue weighted by molar-refractivity contribution is -0.119. The van der Waals surface area contributed by atoms with Crippen LogP contribution in [0.25, 0.3) is 0 Å². The molecule has 0 spiro atoms. The van der Waals surface area contributed by atoms with Crippen LogP contribution in [0.5, 0.6) is 0 Å². The molecule has 3 nitrogen and oxygen atoms in total. The van der Waals surface area contributed by atoms with Crippen LogP contribution in [-0.4, -0.2) is 12.5 Å². The molecule has 1 aliphatic rings. The van der Waals surface area contributed by atoms with Gasteiger partial charge in [-0.1, -0.05) is 42.5 Å². The lowest BCUT2D eigenvalue weighted by Crippen LogP contribution is -2.32. The minimum atomic E-state index is 0.0898. The molecule has 1 aliphatic carbocycles. The highest BCUT2D eigenvalue weighted by molar-refractivity contribution is 5.99. The van der Waals surface area contributed by atoms with Gasteiger partial charge in [-0.25, -0.2) is 0 Å². The molecular weight excluding hydrogens is 260 g/mol. The summed E-state index contributed by atoms with van der Waals surface area (Å²) in [4.78, 5) is 14.6. The third-order valence-corrected chi connectivity index (χ3v) is 4.15. The fourth-order valence-electron chi connectivity index (χ4n) is 2.91. The second-order valence-electron chi connectivity index (χ2n) is 5.50. The summed E-state index contributed by atoms with van der Waals surface area (Å²) in [6.45, 7) is 2.63. The van der Waals surface area contributed by atoms with Crippen LogP contribution in [0.2, 0.25) is 0 Å². The first kappa shape index (κ1) is 13.7. The zero-order valence-corrected chi connectivity index (χ0v) is 12.2. The van der Waals surface area contributed by atoms with Gasteiger partial charge in [0.15, 0.2) is 0 Å². The number of benzene rings is 2. The predicted octanol–water partition coefficient (Wildman–Crippen LogP) is 3.43. The number of amides is 1. The van der Waals surface area contributed by atoms with Gasteiger partial charge in [0.25, 0.3) is 0 Å². The van der Waals surface area contributed by atoms with Crippen molar-refractivity contribution in [2.24, 2.45) is 5.92 Å². The van der Waals surface area contributed by atoms with Gasteiger partial charge in [-0.2, -0.15) is 0 Å². The van der Waals surface area contributed by atoms with Gasteiger partial charge >= 0.3 is 0 Å². The zero-order chi connectivity index (χ0) is 14.8. The highest BCUT2D eigenvalue weighted by Gasteiger charge is 2.45. The number of rotatable bonds is 4. The first-order valence-electron chi connectivity index (χ1n) is 7.43. The van der Waals surface area contributed by atoms with Gasteiger partial charge in [0, 0.05) is 12.5 Å². The Bertz CT molecular complexity index is 639. The van der Waals surface area contributed by atoms with Crippen LogP contribution in [0, 0.1) is 5.92 Å². The summed E-state index contributed by atoms with van der Waals surface area (Å²) in [6, 6.07) is 17.8. The molecule has 108 valence electrons. The van der Waals surface area contributed by atoms with Crippen LogP contribution >= 0.6 is 0 Å². The van der Waals surface area contributed by atoms with Gasteiger partial charge in [-0.15, -0.1) is 0 Å². The fourth-order valence-corrected chi connectivity index (χ4v) is 2.91.